The first-order valence-electron chi connectivity index (χ1n) is 5.67. The maximum absolute atomic E-state index is 11.6. The van der Waals surface area contributed by atoms with E-state index in [2.05, 4.69) is 20.5 Å². The quantitative estimate of drug-likeness (QED) is 0.718. The van der Waals surface area contributed by atoms with Gasteiger partial charge in [-0.2, -0.15) is 5.10 Å². The number of hydrogen-bond acceptors (Lipinski definition) is 5. The van der Waals surface area contributed by atoms with Crippen LogP contribution in [-0.4, -0.2) is 38.9 Å². The number of likely N-dealkylation sites (N-methyl/N-ethyl adjacent to an activating group) is 1. The highest BCUT2D eigenvalue weighted by Crippen LogP contribution is 2.36. The zero-order valence-electron chi connectivity index (χ0n) is 9.77. The van der Waals surface area contributed by atoms with Gasteiger partial charge in [0.15, 0.2) is 5.16 Å². The maximum Gasteiger partial charge on any atom is 0.237 e. The third-order valence-electron chi connectivity index (χ3n) is 3.33. The van der Waals surface area contributed by atoms with Crippen LogP contribution in [0.4, 0.5) is 0 Å². The first-order valence-corrected chi connectivity index (χ1v) is 6.55. The molecule has 1 aliphatic carbocycles. The van der Waals surface area contributed by atoms with Gasteiger partial charge < -0.3 is 11.1 Å². The Hall–Kier alpha value is -1.08. The number of rotatable bonds is 4. The van der Waals surface area contributed by atoms with Crippen LogP contribution in [0, 0.1) is 0 Å². The maximum atomic E-state index is 11.6. The normalized spacial score (nSPS) is 29.1. The van der Waals surface area contributed by atoms with E-state index in [9.17, 15) is 4.79 Å². The van der Waals surface area contributed by atoms with E-state index in [1.54, 1.807) is 18.8 Å². The number of primary amides is 1. The Morgan fingerprint density at radius 2 is 2.59 bits per heavy atom. The summed E-state index contributed by atoms with van der Waals surface area (Å²) in [6, 6.07) is 0. The van der Waals surface area contributed by atoms with Gasteiger partial charge in [0.1, 0.15) is 6.33 Å². The van der Waals surface area contributed by atoms with Crippen molar-refractivity contribution >= 4 is 17.7 Å². The SMILES string of the molecule is CNC1(C(N)=O)CCCC(Sc2ncn[nH]2)C1. The molecule has 0 spiro atoms. The van der Waals surface area contributed by atoms with Gasteiger partial charge in [-0.3, -0.25) is 9.89 Å². The third-order valence-corrected chi connectivity index (χ3v) is 4.48. The van der Waals surface area contributed by atoms with Gasteiger partial charge in [-0.05, 0) is 32.7 Å². The van der Waals surface area contributed by atoms with Crippen molar-refractivity contribution in [3.8, 4) is 0 Å². The van der Waals surface area contributed by atoms with Crippen LogP contribution >= 0.6 is 11.8 Å². The molecule has 0 aliphatic heterocycles. The second-order valence-electron chi connectivity index (χ2n) is 4.32. The number of hydrogen-bond donors (Lipinski definition) is 3. The summed E-state index contributed by atoms with van der Waals surface area (Å²) in [6.45, 7) is 0. The summed E-state index contributed by atoms with van der Waals surface area (Å²) < 4.78 is 0. The van der Waals surface area contributed by atoms with Gasteiger partial charge in [0, 0.05) is 5.25 Å². The molecule has 0 radical (unpaired) electrons. The number of aromatic nitrogens is 3. The summed E-state index contributed by atoms with van der Waals surface area (Å²) in [7, 11) is 1.80. The standard InChI is InChI=1S/C10H17N5OS/c1-12-10(8(11)16)4-2-3-7(5-10)17-9-13-6-14-15-9/h6-7,12H,2-5H2,1H3,(H2,11,16)(H,13,14,15). The van der Waals surface area contributed by atoms with Crippen molar-refractivity contribution in [3.05, 3.63) is 6.33 Å². The number of nitrogens with zero attached hydrogens (tertiary/aromatic N) is 2. The smallest absolute Gasteiger partial charge is 0.237 e. The van der Waals surface area contributed by atoms with Crippen molar-refractivity contribution in [1.29, 1.82) is 0 Å². The van der Waals surface area contributed by atoms with E-state index < -0.39 is 5.54 Å². The molecule has 2 rings (SSSR count). The lowest BCUT2D eigenvalue weighted by molar-refractivity contribution is -0.125. The number of aromatic amines is 1. The average Bonchev–Trinajstić information content (AvgIpc) is 2.82. The third kappa shape index (κ3) is 2.61. The summed E-state index contributed by atoms with van der Waals surface area (Å²) in [4.78, 5) is 15.7. The van der Waals surface area contributed by atoms with Gasteiger partial charge in [0.05, 0.1) is 5.54 Å². The van der Waals surface area contributed by atoms with Gasteiger partial charge in [-0.15, -0.1) is 0 Å². The summed E-state index contributed by atoms with van der Waals surface area (Å²) in [6.07, 6.45) is 5.11. The highest BCUT2D eigenvalue weighted by atomic mass is 32.2. The lowest BCUT2D eigenvalue weighted by atomic mass is 9.81. The largest absolute Gasteiger partial charge is 0.368 e. The van der Waals surface area contributed by atoms with Crippen molar-refractivity contribution in [2.24, 2.45) is 5.73 Å². The summed E-state index contributed by atoms with van der Waals surface area (Å²) >= 11 is 1.63. The first-order chi connectivity index (χ1) is 8.16. The molecule has 17 heavy (non-hydrogen) atoms. The van der Waals surface area contributed by atoms with Crippen LogP contribution < -0.4 is 11.1 Å². The zero-order chi connectivity index (χ0) is 12.3. The highest BCUT2D eigenvalue weighted by molar-refractivity contribution is 7.99. The minimum absolute atomic E-state index is 0.261. The number of carbonyl (C=O) groups excluding carboxylic acids is 1. The minimum atomic E-state index is -0.560. The molecular formula is C10H17N5OS. The molecule has 0 saturated heterocycles. The topological polar surface area (TPSA) is 96.7 Å². The molecule has 1 aromatic heterocycles. The molecule has 0 bridgehead atoms. The van der Waals surface area contributed by atoms with Gasteiger partial charge in [-0.25, -0.2) is 4.98 Å². The number of thioether (sulfide) groups is 1. The molecule has 0 aromatic carbocycles. The van der Waals surface area contributed by atoms with Crippen molar-refractivity contribution in [2.75, 3.05) is 7.05 Å². The Balaban J connectivity index is 2.03. The monoisotopic (exact) mass is 255 g/mol. The lowest BCUT2D eigenvalue weighted by Gasteiger charge is -2.37. The van der Waals surface area contributed by atoms with E-state index in [4.69, 9.17) is 5.73 Å². The van der Waals surface area contributed by atoms with E-state index in [1.807, 2.05) is 0 Å². The summed E-state index contributed by atoms with van der Waals surface area (Å²) in [5, 5.41) is 10.9. The van der Waals surface area contributed by atoms with E-state index in [1.165, 1.54) is 6.33 Å². The molecule has 2 atom stereocenters. The highest BCUT2D eigenvalue weighted by Gasteiger charge is 2.40. The molecule has 1 fully saturated rings. The Morgan fingerprint density at radius 3 is 3.18 bits per heavy atom. The zero-order valence-corrected chi connectivity index (χ0v) is 10.6. The van der Waals surface area contributed by atoms with Gasteiger partial charge in [0.25, 0.3) is 0 Å². The molecule has 94 valence electrons. The molecule has 7 heteroatoms. The van der Waals surface area contributed by atoms with E-state index in [-0.39, 0.29) is 5.91 Å². The Kier molecular flexibility index (Phi) is 3.68. The number of amides is 1. The molecule has 2 unspecified atom stereocenters. The predicted molar refractivity (Wildman–Crippen MR) is 65.5 cm³/mol. The van der Waals surface area contributed by atoms with Crippen molar-refractivity contribution in [3.63, 3.8) is 0 Å². The Labute approximate surface area is 104 Å². The number of nitrogens with two attached hydrogens (primary N) is 1. The van der Waals surface area contributed by atoms with Crippen molar-refractivity contribution < 1.29 is 4.79 Å². The molecule has 1 saturated carbocycles. The fraction of sp³-hybridized carbons (Fsp3) is 0.700. The van der Waals surface area contributed by atoms with Crippen LogP contribution in [0.5, 0.6) is 0 Å². The predicted octanol–water partition coefficient (Wildman–Crippen LogP) is 0.283. The van der Waals surface area contributed by atoms with Crippen LogP contribution in [0.25, 0.3) is 0 Å². The Bertz CT molecular complexity index is 382. The molecule has 1 heterocycles. The number of H-pyrrole nitrogens is 1. The van der Waals surface area contributed by atoms with Crippen LogP contribution in [0.3, 0.4) is 0 Å². The fourth-order valence-corrected chi connectivity index (χ4v) is 3.49. The first kappa shape index (κ1) is 12.4. The van der Waals surface area contributed by atoms with E-state index >= 15 is 0 Å². The van der Waals surface area contributed by atoms with Crippen molar-refractivity contribution in [1.82, 2.24) is 20.5 Å². The molecular weight excluding hydrogens is 238 g/mol. The van der Waals surface area contributed by atoms with E-state index in [0.29, 0.717) is 5.25 Å². The fourth-order valence-electron chi connectivity index (χ4n) is 2.31. The minimum Gasteiger partial charge on any atom is -0.368 e. The lowest BCUT2D eigenvalue weighted by Crippen LogP contribution is -2.57. The van der Waals surface area contributed by atoms with Gasteiger partial charge in [0.2, 0.25) is 5.91 Å². The average molecular weight is 255 g/mol. The summed E-state index contributed by atoms with van der Waals surface area (Å²) in [5.74, 6) is -0.261. The second-order valence-corrected chi connectivity index (χ2v) is 5.61. The summed E-state index contributed by atoms with van der Waals surface area (Å²) in [5.41, 5.74) is 4.94. The molecule has 1 aromatic rings. The molecule has 6 nitrogen and oxygen atoms in total. The van der Waals surface area contributed by atoms with Crippen LogP contribution in [0.2, 0.25) is 0 Å². The number of nitrogens with one attached hydrogen (secondary N) is 2. The molecule has 1 aliphatic rings. The van der Waals surface area contributed by atoms with Gasteiger partial charge >= 0.3 is 0 Å². The van der Waals surface area contributed by atoms with Crippen LogP contribution in [0.15, 0.2) is 11.5 Å². The molecule has 1 amide bonds. The van der Waals surface area contributed by atoms with Crippen LogP contribution in [0.1, 0.15) is 25.7 Å². The second kappa shape index (κ2) is 5.05. The number of carbonyl (C=O) groups is 1. The van der Waals surface area contributed by atoms with Gasteiger partial charge in [-0.1, -0.05) is 11.8 Å². The molecule has 4 N–H and O–H groups in total. The Morgan fingerprint density at radius 1 is 1.76 bits per heavy atom. The van der Waals surface area contributed by atoms with E-state index in [0.717, 1.165) is 30.8 Å². The van der Waals surface area contributed by atoms with Crippen LogP contribution in [-0.2, 0) is 4.79 Å². The van der Waals surface area contributed by atoms with Crippen molar-refractivity contribution in [2.45, 2.75) is 41.6 Å².